The molecule has 0 aromatic heterocycles. The smallest absolute Gasteiger partial charge is 0.390 e. The van der Waals surface area contributed by atoms with Crippen molar-refractivity contribution in [1.82, 2.24) is 0 Å². The first kappa shape index (κ1) is 27.8. The van der Waals surface area contributed by atoms with Crippen molar-refractivity contribution in [3.05, 3.63) is 11.6 Å². The summed E-state index contributed by atoms with van der Waals surface area (Å²) in [7, 11) is -4.49. The van der Waals surface area contributed by atoms with Crippen LogP contribution in [-0.4, -0.2) is 33.4 Å². The summed E-state index contributed by atoms with van der Waals surface area (Å²) < 4.78 is 21.2. The molecule has 0 spiro atoms. The molecule has 4 rings (SSSR count). The molecule has 0 bridgehead atoms. The van der Waals surface area contributed by atoms with Gasteiger partial charge >= 0.3 is 7.82 Å². The van der Waals surface area contributed by atoms with Crippen molar-refractivity contribution < 1.29 is 28.7 Å². The Balaban J connectivity index is 1.40. The molecule has 4 aliphatic carbocycles. The summed E-state index contributed by atoms with van der Waals surface area (Å²) in [5, 5.41) is 10.1. The summed E-state index contributed by atoms with van der Waals surface area (Å²) in [6.07, 6.45) is 15.1. The number of rotatable bonds is 9. The minimum atomic E-state index is -4.49. The number of aliphatic hydroxyl groups is 1. The molecule has 6 nitrogen and oxygen atoms in total. The fraction of sp³-hybridized carbons (Fsp3) is 0.929. The van der Waals surface area contributed by atoms with Gasteiger partial charge in [-0.05, 0) is 112 Å². The fourth-order valence-electron chi connectivity index (χ4n) is 9.00. The number of phosphoric ester groups is 1. The summed E-state index contributed by atoms with van der Waals surface area (Å²) in [6, 6.07) is 0. The van der Waals surface area contributed by atoms with Crippen molar-refractivity contribution in [1.29, 1.82) is 0 Å². The highest BCUT2D eigenvalue weighted by molar-refractivity contribution is 7.46. The highest BCUT2D eigenvalue weighted by Crippen LogP contribution is 2.67. The Hall–Kier alpha value is -0.230. The second-order valence-electron chi connectivity index (χ2n) is 13.4. The molecule has 0 heterocycles. The van der Waals surface area contributed by atoms with Crippen molar-refractivity contribution in [2.24, 2.45) is 40.4 Å². The quantitative estimate of drug-likeness (QED) is 0.183. The van der Waals surface area contributed by atoms with Crippen LogP contribution in [0.25, 0.3) is 0 Å². The van der Waals surface area contributed by atoms with Crippen molar-refractivity contribution in [2.45, 2.75) is 117 Å². The van der Waals surface area contributed by atoms with E-state index < -0.39 is 13.4 Å². The van der Waals surface area contributed by atoms with E-state index in [0.29, 0.717) is 5.41 Å². The van der Waals surface area contributed by atoms with Crippen LogP contribution in [0.5, 0.6) is 0 Å². The van der Waals surface area contributed by atoms with Gasteiger partial charge in [0.25, 0.3) is 0 Å². The lowest BCUT2D eigenvalue weighted by Gasteiger charge is -2.58. The van der Waals surface area contributed by atoms with Gasteiger partial charge in [0.05, 0.1) is 11.7 Å². The van der Waals surface area contributed by atoms with Gasteiger partial charge in [-0.1, -0.05) is 45.3 Å². The van der Waals surface area contributed by atoms with Gasteiger partial charge in [-0.15, -0.1) is 0 Å². The Morgan fingerprint density at radius 3 is 2.57 bits per heavy atom. The van der Waals surface area contributed by atoms with Gasteiger partial charge in [-0.2, -0.15) is 0 Å². The van der Waals surface area contributed by atoms with Gasteiger partial charge in [-0.3, -0.25) is 4.52 Å². The molecular formula is C28H49O6P. The predicted molar refractivity (Wildman–Crippen MR) is 137 cm³/mol. The van der Waals surface area contributed by atoms with Gasteiger partial charge in [0.1, 0.15) is 0 Å². The lowest BCUT2D eigenvalue weighted by Crippen LogP contribution is -2.51. The molecule has 0 saturated heterocycles. The van der Waals surface area contributed by atoms with E-state index in [1.54, 1.807) is 0 Å². The second kappa shape index (κ2) is 10.2. The summed E-state index contributed by atoms with van der Waals surface area (Å²) in [5.41, 5.74) is 1.62. The standard InChI is InChI=1S/C28H49O6P/c1-19(7-6-14-26(2,3)29)23-10-11-24-22-9-8-20-17-21(33-18-34-35(30,31)32)12-15-27(20,4)25(22)13-16-28(23,24)5/h8,19,21-25,29H,6-7,9-18H2,1-5H3,(H2,30,31,32)/t19-,21+,22+,23-,24+,25+,27+,28-/m1/s1. The maximum absolute atomic E-state index is 11.0. The van der Waals surface area contributed by atoms with E-state index >= 15 is 0 Å². The van der Waals surface area contributed by atoms with Gasteiger partial charge in [-0.25, -0.2) is 4.57 Å². The van der Waals surface area contributed by atoms with E-state index in [1.165, 1.54) is 44.1 Å². The van der Waals surface area contributed by atoms with Gasteiger partial charge in [0, 0.05) is 0 Å². The minimum Gasteiger partial charge on any atom is -0.390 e. The summed E-state index contributed by atoms with van der Waals surface area (Å²) in [6.45, 7) is 11.0. The molecule has 0 aromatic carbocycles. The molecule has 202 valence electrons. The molecule has 4 aliphatic rings. The largest absolute Gasteiger partial charge is 0.471 e. The summed E-state index contributed by atoms with van der Waals surface area (Å²) in [4.78, 5) is 17.8. The summed E-state index contributed by atoms with van der Waals surface area (Å²) >= 11 is 0. The molecule has 35 heavy (non-hydrogen) atoms. The topological polar surface area (TPSA) is 96.2 Å². The van der Waals surface area contributed by atoms with Crippen molar-refractivity contribution >= 4 is 7.82 Å². The second-order valence-corrected chi connectivity index (χ2v) is 14.7. The number of allylic oxidation sites excluding steroid dienone is 1. The van der Waals surface area contributed by atoms with Crippen LogP contribution in [0.3, 0.4) is 0 Å². The molecule has 7 heteroatoms. The number of hydrogen-bond acceptors (Lipinski definition) is 4. The van der Waals surface area contributed by atoms with E-state index in [0.717, 1.165) is 61.7 Å². The van der Waals surface area contributed by atoms with Crippen molar-refractivity contribution in [2.75, 3.05) is 6.79 Å². The number of ether oxygens (including phenoxy) is 1. The fourth-order valence-corrected chi connectivity index (χ4v) is 9.20. The Kier molecular flexibility index (Phi) is 8.06. The third-order valence-electron chi connectivity index (χ3n) is 10.8. The van der Waals surface area contributed by atoms with Gasteiger partial charge in [0.2, 0.25) is 0 Å². The van der Waals surface area contributed by atoms with Crippen LogP contribution in [0.4, 0.5) is 0 Å². The highest BCUT2D eigenvalue weighted by Gasteiger charge is 2.59. The van der Waals surface area contributed by atoms with Crippen LogP contribution < -0.4 is 0 Å². The van der Waals surface area contributed by atoms with E-state index in [-0.39, 0.29) is 18.3 Å². The normalized spacial score (nSPS) is 40.5. The Bertz CT molecular complexity index is 830. The zero-order valence-corrected chi connectivity index (χ0v) is 23.4. The third kappa shape index (κ3) is 5.94. The SMILES string of the molecule is C[C@H](CCCC(C)(C)O)[C@H]1CC[C@H]2[C@@H]3CC=C4C[C@@H](OCOP(=O)(O)O)CC[C@]4(C)[C@H]3CC[C@]12C. The van der Waals surface area contributed by atoms with Gasteiger partial charge in [0.15, 0.2) is 6.79 Å². The lowest BCUT2D eigenvalue weighted by molar-refractivity contribution is -0.0855. The lowest BCUT2D eigenvalue weighted by atomic mass is 9.47. The van der Waals surface area contributed by atoms with Crippen LogP contribution >= 0.6 is 7.82 Å². The highest BCUT2D eigenvalue weighted by atomic mass is 31.2. The molecule has 0 unspecified atom stereocenters. The average Bonchev–Trinajstić information content (AvgIpc) is 3.09. The van der Waals surface area contributed by atoms with Crippen LogP contribution in [-0.2, 0) is 13.8 Å². The van der Waals surface area contributed by atoms with E-state index in [4.69, 9.17) is 14.5 Å². The van der Waals surface area contributed by atoms with E-state index in [2.05, 4.69) is 31.4 Å². The van der Waals surface area contributed by atoms with Crippen molar-refractivity contribution in [3.8, 4) is 0 Å². The molecule has 0 amide bonds. The Labute approximate surface area is 212 Å². The first-order valence-corrected chi connectivity index (χ1v) is 15.5. The summed E-state index contributed by atoms with van der Waals surface area (Å²) in [5.74, 6) is 3.83. The minimum absolute atomic E-state index is 0.0214. The van der Waals surface area contributed by atoms with Gasteiger partial charge < -0.3 is 19.6 Å². The molecule has 3 N–H and O–H groups in total. The third-order valence-corrected chi connectivity index (χ3v) is 11.2. The molecule has 8 atom stereocenters. The molecule has 0 radical (unpaired) electrons. The Morgan fingerprint density at radius 2 is 1.89 bits per heavy atom. The maximum atomic E-state index is 11.0. The maximum Gasteiger partial charge on any atom is 0.471 e. The molecule has 0 aromatic rings. The predicted octanol–water partition coefficient (Wildman–Crippen LogP) is 6.59. The molecular weight excluding hydrogens is 463 g/mol. The number of hydrogen-bond donors (Lipinski definition) is 3. The Morgan fingerprint density at radius 1 is 1.14 bits per heavy atom. The van der Waals surface area contributed by atoms with Crippen LogP contribution in [0.15, 0.2) is 11.6 Å². The number of phosphoric acid groups is 1. The van der Waals surface area contributed by atoms with Crippen molar-refractivity contribution in [3.63, 3.8) is 0 Å². The molecule has 3 fully saturated rings. The van der Waals surface area contributed by atoms with Crippen LogP contribution in [0.2, 0.25) is 0 Å². The first-order chi connectivity index (χ1) is 16.2. The molecule has 3 saturated carbocycles. The number of fused-ring (bicyclic) bond motifs is 5. The zero-order valence-electron chi connectivity index (χ0n) is 22.5. The van der Waals surface area contributed by atoms with E-state index in [1.807, 2.05) is 13.8 Å². The monoisotopic (exact) mass is 512 g/mol. The van der Waals surface area contributed by atoms with Crippen LogP contribution in [0, 0.1) is 40.4 Å². The average molecular weight is 513 g/mol. The van der Waals surface area contributed by atoms with Crippen LogP contribution in [0.1, 0.15) is 105 Å². The first-order valence-electron chi connectivity index (χ1n) is 14.0. The van der Waals surface area contributed by atoms with E-state index in [9.17, 15) is 9.67 Å². The molecule has 0 aliphatic heterocycles. The zero-order chi connectivity index (χ0) is 25.6.